The van der Waals surface area contributed by atoms with Gasteiger partial charge in [-0.15, -0.1) is 5.10 Å². The second-order valence-electron chi connectivity index (χ2n) is 4.67. The number of benzene rings is 1. The Labute approximate surface area is 106 Å². The van der Waals surface area contributed by atoms with Gasteiger partial charge in [0, 0.05) is 5.92 Å². The Morgan fingerprint density at radius 2 is 2.06 bits per heavy atom. The second-order valence-corrected chi connectivity index (χ2v) is 4.67. The Hall–Kier alpha value is -2.15. The van der Waals surface area contributed by atoms with Crippen LogP contribution >= 0.6 is 0 Å². The molecule has 0 aliphatic heterocycles. The van der Waals surface area contributed by atoms with Crippen LogP contribution in [0.3, 0.4) is 0 Å². The summed E-state index contributed by atoms with van der Waals surface area (Å²) in [5, 5.41) is 17.2. The van der Waals surface area contributed by atoms with Crippen LogP contribution in [0.5, 0.6) is 0 Å². The van der Waals surface area contributed by atoms with Crippen LogP contribution in [0.4, 0.5) is 0 Å². The van der Waals surface area contributed by atoms with Crippen molar-refractivity contribution in [2.75, 3.05) is 0 Å². The molecule has 2 aromatic rings. The van der Waals surface area contributed by atoms with Gasteiger partial charge in [-0.2, -0.15) is 5.26 Å². The maximum atomic E-state index is 8.82. The number of aromatic nitrogens is 3. The van der Waals surface area contributed by atoms with Gasteiger partial charge >= 0.3 is 0 Å². The molecule has 1 heterocycles. The van der Waals surface area contributed by atoms with E-state index in [0.717, 1.165) is 12.2 Å². The van der Waals surface area contributed by atoms with Crippen molar-refractivity contribution >= 4 is 0 Å². The zero-order chi connectivity index (χ0) is 12.4. The van der Waals surface area contributed by atoms with Crippen LogP contribution in [0.2, 0.25) is 0 Å². The van der Waals surface area contributed by atoms with E-state index in [1.807, 2.05) is 22.9 Å². The predicted molar refractivity (Wildman–Crippen MR) is 66.9 cm³/mol. The second kappa shape index (κ2) is 4.61. The summed E-state index contributed by atoms with van der Waals surface area (Å²) >= 11 is 0. The molecule has 1 aliphatic carbocycles. The van der Waals surface area contributed by atoms with Crippen LogP contribution in [0.1, 0.15) is 35.7 Å². The molecule has 0 saturated heterocycles. The molecule has 1 aromatic carbocycles. The molecule has 0 amide bonds. The summed E-state index contributed by atoms with van der Waals surface area (Å²) in [6, 6.07) is 12.4. The van der Waals surface area contributed by atoms with Gasteiger partial charge in [0.2, 0.25) is 0 Å². The number of rotatable bonds is 4. The molecule has 1 fully saturated rings. The summed E-state index contributed by atoms with van der Waals surface area (Å²) < 4.78 is 1.96. The highest BCUT2D eigenvalue weighted by Gasteiger charge is 2.31. The molecule has 0 spiro atoms. The fraction of sp³-hybridized carbons (Fsp3) is 0.357. The lowest BCUT2D eigenvalue weighted by atomic mass is 10.1. The third-order valence-electron chi connectivity index (χ3n) is 3.23. The zero-order valence-electron chi connectivity index (χ0n) is 10.1. The fourth-order valence-corrected chi connectivity index (χ4v) is 2.23. The first-order valence-electron chi connectivity index (χ1n) is 6.21. The Balaban J connectivity index is 1.90. The average molecular weight is 238 g/mol. The van der Waals surface area contributed by atoms with Crippen LogP contribution < -0.4 is 0 Å². The van der Waals surface area contributed by atoms with E-state index in [9.17, 15) is 0 Å². The SMILES string of the molecule is N#CCc1nnn(Cc2ccccc2)c1C1CC1. The van der Waals surface area contributed by atoms with E-state index in [-0.39, 0.29) is 0 Å². The van der Waals surface area contributed by atoms with Gasteiger partial charge in [0.05, 0.1) is 24.7 Å². The van der Waals surface area contributed by atoms with Gasteiger partial charge in [-0.25, -0.2) is 4.68 Å². The highest BCUT2D eigenvalue weighted by molar-refractivity contribution is 5.24. The molecular formula is C14H14N4. The van der Waals surface area contributed by atoms with E-state index in [1.54, 1.807) is 0 Å². The van der Waals surface area contributed by atoms with Gasteiger partial charge in [0.1, 0.15) is 5.69 Å². The molecule has 1 aliphatic rings. The molecule has 0 N–H and O–H groups in total. The zero-order valence-corrected chi connectivity index (χ0v) is 10.1. The molecule has 4 nitrogen and oxygen atoms in total. The summed E-state index contributed by atoms with van der Waals surface area (Å²) in [4.78, 5) is 0. The first-order chi connectivity index (χ1) is 8.88. The van der Waals surface area contributed by atoms with Crippen LogP contribution in [0.25, 0.3) is 0 Å². The van der Waals surface area contributed by atoms with Crippen LogP contribution in [-0.2, 0) is 13.0 Å². The van der Waals surface area contributed by atoms with E-state index in [4.69, 9.17) is 5.26 Å². The Kier molecular flexibility index (Phi) is 2.81. The number of nitriles is 1. The molecule has 0 bridgehead atoms. The van der Waals surface area contributed by atoms with E-state index in [0.29, 0.717) is 12.3 Å². The van der Waals surface area contributed by atoms with E-state index >= 15 is 0 Å². The monoisotopic (exact) mass is 238 g/mol. The van der Waals surface area contributed by atoms with Crippen molar-refractivity contribution in [2.24, 2.45) is 0 Å². The fourth-order valence-electron chi connectivity index (χ4n) is 2.23. The minimum absolute atomic E-state index is 0.362. The number of nitrogens with zero attached hydrogens (tertiary/aromatic N) is 4. The summed E-state index contributed by atoms with van der Waals surface area (Å²) in [7, 11) is 0. The lowest BCUT2D eigenvalue weighted by molar-refractivity contribution is 0.619. The quantitative estimate of drug-likeness (QED) is 0.821. The molecule has 4 heteroatoms. The van der Waals surface area contributed by atoms with E-state index < -0.39 is 0 Å². The molecule has 0 unspecified atom stereocenters. The standard InChI is InChI=1S/C14H14N4/c15-9-8-13-14(12-6-7-12)18(17-16-13)10-11-4-2-1-3-5-11/h1-5,12H,6-8,10H2. The number of hydrogen-bond donors (Lipinski definition) is 0. The van der Waals surface area contributed by atoms with Gasteiger partial charge in [-0.1, -0.05) is 35.5 Å². The molecule has 1 aromatic heterocycles. The number of hydrogen-bond acceptors (Lipinski definition) is 3. The van der Waals surface area contributed by atoms with Gasteiger partial charge in [0.25, 0.3) is 0 Å². The van der Waals surface area contributed by atoms with Crippen molar-refractivity contribution in [1.82, 2.24) is 15.0 Å². The molecule has 0 atom stereocenters. The minimum Gasteiger partial charge on any atom is -0.244 e. The lowest BCUT2D eigenvalue weighted by Crippen LogP contribution is -2.06. The van der Waals surface area contributed by atoms with Crippen molar-refractivity contribution in [3.05, 3.63) is 47.3 Å². The average Bonchev–Trinajstić information content (AvgIpc) is 3.16. The first-order valence-corrected chi connectivity index (χ1v) is 6.21. The van der Waals surface area contributed by atoms with E-state index in [2.05, 4.69) is 28.5 Å². The van der Waals surface area contributed by atoms with Gasteiger partial charge in [-0.3, -0.25) is 0 Å². The van der Waals surface area contributed by atoms with Gasteiger partial charge in [0.15, 0.2) is 0 Å². The summed E-state index contributed by atoms with van der Waals surface area (Å²) in [6.07, 6.45) is 2.75. The predicted octanol–water partition coefficient (Wildman–Crippen LogP) is 2.27. The highest BCUT2D eigenvalue weighted by Crippen LogP contribution is 2.41. The highest BCUT2D eigenvalue weighted by atomic mass is 15.4. The smallest absolute Gasteiger partial charge is 0.100 e. The van der Waals surface area contributed by atoms with Crippen molar-refractivity contribution in [3.8, 4) is 6.07 Å². The maximum Gasteiger partial charge on any atom is 0.100 e. The lowest BCUT2D eigenvalue weighted by Gasteiger charge is -2.06. The third kappa shape index (κ3) is 2.12. The summed E-state index contributed by atoms with van der Waals surface area (Å²) in [5.41, 5.74) is 3.24. The first kappa shape index (κ1) is 11.0. The maximum absolute atomic E-state index is 8.82. The van der Waals surface area contributed by atoms with Crippen molar-refractivity contribution < 1.29 is 0 Å². The molecule has 3 rings (SSSR count). The van der Waals surface area contributed by atoms with Crippen LogP contribution in [0, 0.1) is 11.3 Å². The topological polar surface area (TPSA) is 54.5 Å². The molecular weight excluding hydrogens is 224 g/mol. The Morgan fingerprint density at radius 3 is 2.72 bits per heavy atom. The minimum atomic E-state index is 0.362. The largest absolute Gasteiger partial charge is 0.244 e. The Morgan fingerprint density at radius 1 is 1.28 bits per heavy atom. The third-order valence-corrected chi connectivity index (χ3v) is 3.23. The van der Waals surface area contributed by atoms with Crippen molar-refractivity contribution in [1.29, 1.82) is 5.26 Å². The molecule has 1 saturated carbocycles. The Bertz CT molecular complexity index is 576. The normalized spacial score (nSPS) is 14.4. The molecule has 0 radical (unpaired) electrons. The van der Waals surface area contributed by atoms with Gasteiger partial charge in [-0.05, 0) is 18.4 Å². The van der Waals surface area contributed by atoms with Crippen molar-refractivity contribution in [2.45, 2.75) is 31.7 Å². The van der Waals surface area contributed by atoms with Gasteiger partial charge < -0.3 is 0 Å². The van der Waals surface area contributed by atoms with Crippen LogP contribution in [0.15, 0.2) is 30.3 Å². The van der Waals surface area contributed by atoms with E-state index in [1.165, 1.54) is 24.1 Å². The summed E-state index contributed by atoms with van der Waals surface area (Å²) in [6.45, 7) is 0.741. The molecule has 18 heavy (non-hydrogen) atoms. The van der Waals surface area contributed by atoms with Crippen LogP contribution in [-0.4, -0.2) is 15.0 Å². The summed E-state index contributed by atoms with van der Waals surface area (Å²) in [5.74, 6) is 0.562. The van der Waals surface area contributed by atoms with Crippen molar-refractivity contribution in [3.63, 3.8) is 0 Å². The molecule has 90 valence electrons.